The lowest BCUT2D eigenvalue weighted by molar-refractivity contribution is -0.0801. The average molecular weight is 405 g/mol. The molecule has 0 saturated carbocycles. The average Bonchev–Trinajstić information content (AvgIpc) is 2.79. The van der Waals surface area contributed by atoms with E-state index in [9.17, 15) is 5.26 Å². The van der Waals surface area contributed by atoms with E-state index in [2.05, 4.69) is 22.0 Å². The minimum Gasteiger partial charge on any atom is -0.368 e. The van der Waals surface area contributed by atoms with Gasteiger partial charge in [-0.25, -0.2) is 15.0 Å². The lowest BCUT2D eigenvalue weighted by Gasteiger charge is -2.44. The molecule has 3 aliphatic rings. The van der Waals surface area contributed by atoms with Crippen LogP contribution in [0.2, 0.25) is 0 Å². The van der Waals surface area contributed by atoms with Crippen molar-refractivity contribution in [2.24, 2.45) is 0 Å². The quantitative estimate of drug-likeness (QED) is 0.761. The molecule has 156 valence electrons. The van der Waals surface area contributed by atoms with Gasteiger partial charge in [0.2, 0.25) is 5.95 Å². The molecule has 1 saturated heterocycles. The number of rotatable bonds is 2. The molecule has 30 heavy (non-hydrogen) atoms. The number of ether oxygens (including phenoxy) is 1. The first-order valence-electron chi connectivity index (χ1n) is 11.0. The standard InChI is InChI=1S/C23H28N6O/c1-28(2)22-25-15-17-7-12-30-23(20(17)27-22)8-10-29(11-9-23)21-18(14-24)13-16-5-3-4-6-19(16)26-21/h13,15H,3-12H2,1-2H3. The minimum atomic E-state index is -0.362. The van der Waals surface area contributed by atoms with Crippen molar-refractivity contribution < 1.29 is 4.74 Å². The Morgan fingerprint density at radius 2 is 1.90 bits per heavy atom. The molecule has 1 aliphatic carbocycles. The Balaban J connectivity index is 1.43. The van der Waals surface area contributed by atoms with Gasteiger partial charge < -0.3 is 14.5 Å². The molecule has 0 unspecified atom stereocenters. The molecule has 2 aromatic heterocycles. The number of aryl methyl sites for hydroxylation is 2. The second-order valence-corrected chi connectivity index (χ2v) is 8.80. The fraction of sp³-hybridized carbons (Fsp3) is 0.565. The zero-order chi connectivity index (χ0) is 20.7. The Morgan fingerprint density at radius 3 is 2.67 bits per heavy atom. The third-order valence-electron chi connectivity index (χ3n) is 6.70. The number of fused-ring (bicyclic) bond motifs is 3. The van der Waals surface area contributed by atoms with Gasteiger partial charge in [-0.05, 0) is 62.1 Å². The maximum atomic E-state index is 9.74. The number of pyridine rings is 1. The first-order valence-corrected chi connectivity index (χ1v) is 11.0. The summed E-state index contributed by atoms with van der Waals surface area (Å²) in [6, 6.07) is 4.46. The number of hydrogen-bond acceptors (Lipinski definition) is 7. The highest BCUT2D eigenvalue weighted by atomic mass is 16.5. The smallest absolute Gasteiger partial charge is 0.225 e. The van der Waals surface area contributed by atoms with Crippen LogP contribution in [0.5, 0.6) is 0 Å². The largest absolute Gasteiger partial charge is 0.368 e. The van der Waals surface area contributed by atoms with Crippen LogP contribution >= 0.6 is 0 Å². The van der Waals surface area contributed by atoms with Crippen LogP contribution in [-0.2, 0) is 29.6 Å². The van der Waals surface area contributed by atoms with Crippen LogP contribution < -0.4 is 9.80 Å². The zero-order valence-corrected chi connectivity index (χ0v) is 17.8. The summed E-state index contributed by atoms with van der Waals surface area (Å²) in [5.41, 5.74) is 5.02. The summed E-state index contributed by atoms with van der Waals surface area (Å²) in [5.74, 6) is 1.57. The van der Waals surface area contributed by atoms with E-state index in [1.165, 1.54) is 29.7 Å². The Bertz CT molecular complexity index is 1000. The van der Waals surface area contributed by atoms with Gasteiger partial charge >= 0.3 is 0 Å². The van der Waals surface area contributed by atoms with Crippen molar-refractivity contribution in [2.45, 2.75) is 50.5 Å². The van der Waals surface area contributed by atoms with Crippen molar-refractivity contribution in [3.8, 4) is 6.07 Å². The number of nitrogens with zero attached hydrogens (tertiary/aromatic N) is 6. The maximum Gasteiger partial charge on any atom is 0.225 e. The first kappa shape index (κ1) is 19.3. The molecule has 0 N–H and O–H groups in total. The van der Waals surface area contributed by atoms with Crippen molar-refractivity contribution in [1.82, 2.24) is 15.0 Å². The monoisotopic (exact) mass is 404 g/mol. The van der Waals surface area contributed by atoms with Crippen LogP contribution in [0.15, 0.2) is 12.3 Å². The summed E-state index contributed by atoms with van der Waals surface area (Å²) in [7, 11) is 3.93. The molecule has 7 nitrogen and oxygen atoms in total. The number of anilines is 2. The molecule has 1 fully saturated rings. The van der Waals surface area contributed by atoms with E-state index in [1.54, 1.807) is 0 Å². The van der Waals surface area contributed by atoms with Gasteiger partial charge in [-0.2, -0.15) is 5.26 Å². The predicted molar refractivity (Wildman–Crippen MR) is 115 cm³/mol. The van der Waals surface area contributed by atoms with E-state index in [1.807, 2.05) is 25.2 Å². The molecule has 4 heterocycles. The van der Waals surface area contributed by atoms with Crippen LogP contribution in [0.1, 0.15) is 53.8 Å². The van der Waals surface area contributed by atoms with E-state index in [4.69, 9.17) is 14.7 Å². The fourth-order valence-electron chi connectivity index (χ4n) is 5.02. The van der Waals surface area contributed by atoms with Crippen LogP contribution in [0.25, 0.3) is 0 Å². The summed E-state index contributed by atoms with van der Waals surface area (Å²) in [4.78, 5) is 18.5. The Morgan fingerprint density at radius 1 is 1.10 bits per heavy atom. The molecule has 1 spiro atoms. The van der Waals surface area contributed by atoms with Gasteiger partial charge in [0.1, 0.15) is 17.5 Å². The number of aromatic nitrogens is 3. The highest BCUT2D eigenvalue weighted by molar-refractivity contribution is 5.57. The number of piperidine rings is 1. The van der Waals surface area contributed by atoms with Gasteiger partial charge in [-0.1, -0.05) is 0 Å². The summed E-state index contributed by atoms with van der Waals surface area (Å²) in [5, 5.41) is 9.74. The third kappa shape index (κ3) is 3.20. The molecule has 0 atom stereocenters. The molecule has 2 aromatic rings. The van der Waals surface area contributed by atoms with Gasteiger partial charge in [0.05, 0.1) is 17.9 Å². The summed E-state index contributed by atoms with van der Waals surface area (Å²) < 4.78 is 6.38. The highest BCUT2D eigenvalue weighted by Crippen LogP contribution is 2.42. The predicted octanol–water partition coefficient (Wildman–Crippen LogP) is 2.76. The number of hydrogen-bond donors (Lipinski definition) is 0. The van der Waals surface area contributed by atoms with Gasteiger partial charge in [-0.3, -0.25) is 0 Å². The Kier molecular flexibility index (Phi) is 4.82. The van der Waals surface area contributed by atoms with Crippen molar-refractivity contribution in [1.29, 1.82) is 5.26 Å². The topological polar surface area (TPSA) is 78.2 Å². The normalized spacial score (nSPS) is 19.7. The molecule has 0 aromatic carbocycles. The molecule has 7 heteroatoms. The molecule has 2 aliphatic heterocycles. The highest BCUT2D eigenvalue weighted by Gasteiger charge is 2.43. The molecular weight excluding hydrogens is 376 g/mol. The Hall–Kier alpha value is -2.72. The molecule has 0 bridgehead atoms. The van der Waals surface area contributed by atoms with Crippen molar-refractivity contribution in [2.75, 3.05) is 43.6 Å². The maximum absolute atomic E-state index is 9.74. The molecule has 5 rings (SSSR count). The minimum absolute atomic E-state index is 0.362. The third-order valence-corrected chi connectivity index (χ3v) is 6.70. The van der Waals surface area contributed by atoms with Crippen LogP contribution in [0.3, 0.4) is 0 Å². The summed E-state index contributed by atoms with van der Waals surface area (Å²) >= 11 is 0. The SMILES string of the molecule is CN(C)c1ncc2c(n1)C1(CCN(c3nc4c(cc3C#N)CCCC4)CC1)OCC2. The Labute approximate surface area is 177 Å². The van der Waals surface area contributed by atoms with Crippen molar-refractivity contribution in [3.63, 3.8) is 0 Å². The van der Waals surface area contributed by atoms with E-state index in [0.717, 1.165) is 62.7 Å². The van der Waals surface area contributed by atoms with E-state index in [0.29, 0.717) is 12.2 Å². The molecule has 0 amide bonds. The lowest BCUT2D eigenvalue weighted by atomic mass is 9.83. The van der Waals surface area contributed by atoms with Gasteiger partial charge in [0, 0.05) is 39.1 Å². The van der Waals surface area contributed by atoms with Crippen LogP contribution in [0, 0.1) is 11.3 Å². The van der Waals surface area contributed by atoms with Gasteiger partial charge in [0.25, 0.3) is 0 Å². The fourth-order valence-corrected chi connectivity index (χ4v) is 5.02. The van der Waals surface area contributed by atoms with E-state index < -0.39 is 0 Å². The lowest BCUT2D eigenvalue weighted by Crippen LogP contribution is -2.48. The summed E-state index contributed by atoms with van der Waals surface area (Å²) in [6.45, 7) is 2.32. The van der Waals surface area contributed by atoms with Gasteiger partial charge in [0.15, 0.2) is 0 Å². The van der Waals surface area contributed by atoms with Crippen molar-refractivity contribution >= 4 is 11.8 Å². The van der Waals surface area contributed by atoms with Gasteiger partial charge in [-0.15, -0.1) is 0 Å². The van der Waals surface area contributed by atoms with Crippen LogP contribution in [-0.4, -0.2) is 48.7 Å². The zero-order valence-electron chi connectivity index (χ0n) is 17.8. The summed E-state index contributed by atoms with van der Waals surface area (Å²) in [6.07, 6.45) is 8.95. The molecule has 0 radical (unpaired) electrons. The first-order chi connectivity index (χ1) is 14.6. The van der Waals surface area contributed by atoms with E-state index in [-0.39, 0.29) is 5.60 Å². The number of nitriles is 1. The van der Waals surface area contributed by atoms with Crippen LogP contribution in [0.4, 0.5) is 11.8 Å². The van der Waals surface area contributed by atoms with E-state index >= 15 is 0 Å². The van der Waals surface area contributed by atoms with Crippen molar-refractivity contribution in [3.05, 3.63) is 40.3 Å². The molecular formula is C23H28N6O. The second-order valence-electron chi connectivity index (χ2n) is 8.80. The second kappa shape index (κ2) is 7.51.